The molecule has 0 radical (unpaired) electrons. The fourth-order valence-electron chi connectivity index (χ4n) is 2.66. The number of ether oxygens (including phenoxy) is 1. The topological polar surface area (TPSA) is 51.2 Å². The van der Waals surface area contributed by atoms with Gasteiger partial charge < -0.3 is 10.1 Å². The van der Waals surface area contributed by atoms with Gasteiger partial charge in [-0.1, -0.05) is 24.3 Å². The summed E-state index contributed by atoms with van der Waals surface area (Å²) in [5.74, 6) is 1.06. The highest BCUT2D eigenvalue weighted by Crippen LogP contribution is 2.26. The van der Waals surface area contributed by atoms with Crippen molar-refractivity contribution < 1.29 is 9.53 Å². The van der Waals surface area contributed by atoms with Gasteiger partial charge in [-0.25, -0.2) is 4.98 Å². The van der Waals surface area contributed by atoms with Crippen LogP contribution in [-0.2, 0) is 9.53 Å². The zero-order valence-electron chi connectivity index (χ0n) is 11.6. The Bertz CT molecular complexity index is 654. The van der Waals surface area contributed by atoms with Crippen LogP contribution in [-0.4, -0.2) is 24.1 Å². The van der Waals surface area contributed by atoms with Gasteiger partial charge in [0.25, 0.3) is 0 Å². The van der Waals surface area contributed by atoms with E-state index in [1.165, 1.54) is 0 Å². The van der Waals surface area contributed by atoms with Gasteiger partial charge >= 0.3 is 0 Å². The second-order valence-corrected chi connectivity index (χ2v) is 6.14. The fourth-order valence-corrected chi connectivity index (χ4v) is 3.08. The first-order valence-electron chi connectivity index (χ1n) is 7.15. The van der Waals surface area contributed by atoms with E-state index in [-0.39, 0.29) is 5.91 Å². The predicted octanol–water partition coefficient (Wildman–Crippen LogP) is 3.75. The summed E-state index contributed by atoms with van der Waals surface area (Å²) < 4.78 is 6.05. The lowest BCUT2D eigenvalue weighted by molar-refractivity contribution is -0.117. The number of nitrogens with one attached hydrogen (secondary N) is 1. The average molecular weight is 349 g/mol. The van der Waals surface area contributed by atoms with Crippen molar-refractivity contribution in [1.29, 1.82) is 0 Å². The van der Waals surface area contributed by atoms with Crippen molar-refractivity contribution in [2.45, 2.75) is 19.3 Å². The number of nitrogens with zero attached hydrogens (tertiary/aromatic N) is 1. The zero-order chi connectivity index (χ0) is 14.7. The number of aromatic nitrogens is 1. The monoisotopic (exact) mass is 348 g/mol. The van der Waals surface area contributed by atoms with E-state index in [4.69, 9.17) is 4.74 Å². The number of anilines is 1. The van der Waals surface area contributed by atoms with E-state index in [0.29, 0.717) is 18.2 Å². The van der Waals surface area contributed by atoms with E-state index in [0.717, 1.165) is 41.4 Å². The number of rotatable bonds is 3. The number of amides is 1. The van der Waals surface area contributed by atoms with E-state index < -0.39 is 0 Å². The molecule has 1 aliphatic rings. The standard InChI is InChI=1S/C16H17BrN2O2/c17-14-10-12-3-1-2-4-13(12)16(18-14)19-15(20)9-11-5-7-21-8-6-11/h1-4,10-11H,5-9H2,(H,18,19,20). The quantitative estimate of drug-likeness (QED) is 0.859. The Hall–Kier alpha value is -1.46. The third-order valence-corrected chi connectivity index (χ3v) is 4.19. The third kappa shape index (κ3) is 3.60. The van der Waals surface area contributed by atoms with E-state index in [9.17, 15) is 4.79 Å². The Morgan fingerprint density at radius 3 is 2.90 bits per heavy atom. The number of carbonyl (C=O) groups excluding carboxylic acids is 1. The van der Waals surface area contributed by atoms with Gasteiger partial charge in [0.15, 0.2) is 0 Å². The highest BCUT2D eigenvalue weighted by molar-refractivity contribution is 9.10. The summed E-state index contributed by atoms with van der Waals surface area (Å²) in [5, 5.41) is 4.97. The minimum atomic E-state index is 0.0256. The average Bonchev–Trinajstić information content (AvgIpc) is 2.48. The highest BCUT2D eigenvalue weighted by atomic mass is 79.9. The second-order valence-electron chi connectivity index (χ2n) is 5.32. The van der Waals surface area contributed by atoms with Crippen molar-refractivity contribution in [3.8, 4) is 0 Å². The van der Waals surface area contributed by atoms with Crippen LogP contribution in [0.15, 0.2) is 34.9 Å². The summed E-state index contributed by atoms with van der Waals surface area (Å²) in [6, 6.07) is 9.85. The van der Waals surface area contributed by atoms with E-state index in [1.807, 2.05) is 30.3 Å². The lowest BCUT2D eigenvalue weighted by Gasteiger charge is -2.21. The van der Waals surface area contributed by atoms with Crippen LogP contribution in [0.4, 0.5) is 5.82 Å². The lowest BCUT2D eigenvalue weighted by atomic mass is 9.96. The third-order valence-electron chi connectivity index (χ3n) is 3.78. The van der Waals surface area contributed by atoms with E-state index in [1.54, 1.807) is 0 Å². The Balaban J connectivity index is 1.76. The molecule has 1 aromatic heterocycles. The summed E-state index contributed by atoms with van der Waals surface area (Å²) >= 11 is 3.39. The Morgan fingerprint density at radius 2 is 2.10 bits per heavy atom. The summed E-state index contributed by atoms with van der Waals surface area (Å²) in [5.41, 5.74) is 0. The molecule has 2 aromatic rings. The summed E-state index contributed by atoms with van der Waals surface area (Å²) in [7, 11) is 0. The minimum absolute atomic E-state index is 0.0256. The number of hydrogen-bond acceptors (Lipinski definition) is 3. The van der Waals surface area contributed by atoms with Gasteiger partial charge in [0.2, 0.25) is 5.91 Å². The molecule has 5 heteroatoms. The molecule has 0 saturated carbocycles. The van der Waals surface area contributed by atoms with Gasteiger partial charge in [-0.3, -0.25) is 4.79 Å². The molecule has 110 valence electrons. The van der Waals surface area contributed by atoms with Gasteiger partial charge in [0.05, 0.1) is 0 Å². The van der Waals surface area contributed by atoms with Crippen LogP contribution in [0.25, 0.3) is 10.8 Å². The molecule has 21 heavy (non-hydrogen) atoms. The maximum Gasteiger partial charge on any atom is 0.225 e. The molecule has 1 fully saturated rings. The number of hydrogen-bond donors (Lipinski definition) is 1. The SMILES string of the molecule is O=C(CC1CCOCC1)Nc1nc(Br)cc2ccccc12. The first-order chi connectivity index (χ1) is 10.2. The number of halogens is 1. The largest absolute Gasteiger partial charge is 0.381 e. The van der Waals surface area contributed by atoms with Crippen LogP contribution >= 0.6 is 15.9 Å². The molecule has 3 rings (SSSR count). The second kappa shape index (κ2) is 6.54. The normalized spacial score (nSPS) is 16.0. The Morgan fingerprint density at radius 1 is 1.33 bits per heavy atom. The highest BCUT2D eigenvalue weighted by Gasteiger charge is 2.18. The van der Waals surface area contributed by atoms with Crippen molar-refractivity contribution in [3.63, 3.8) is 0 Å². The zero-order valence-corrected chi connectivity index (χ0v) is 13.2. The van der Waals surface area contributed by atoms with Crippen LogP contribution in [0.1, 0.15) is 19.3 Å². The summed E-state index contributed by atoms with van der Waals surface area (Å²) in [6.45, 7) is 1.52. The van der Waals surface area contributed by atoms with Gasteiger partial charge in [-0.15, -0.1) is 0 Å². The van der Waals surface area contributed by atoms with Crippen LogP contribution in [0.5, 0.6) is 0 Å². The smallest absolute Gasteiger partial charge is 0.225 e. The van der Waals surface area contributed by atoms with Crippen LogP contribution in [0.2, 0.25) is 0 Å². The first-order valence-corrected chi connectivity index (χ1v) is 7.94. The van der Waals surface area contributed by atoms with Crippen LogP contribution in [0, 0.1) is 5.92 Å². The molecule has 1 N–H and O–H groups in total. The molecule has 0 aliphatic carbocycles. The molecule has 0 bridgehead atoms. The first kappa shape index (κ1) is 14.5. The van der Waals surface area contributed by atoms with Crippen molar-refractivity contribution in [3.05, 3.63) is 34.9 Å². The number of carbonyl (C=O) groups is 1. The molecule has 1 amide bonds. The molecule has 0 atom stereocenters. The maximum atomic E-state index is 12.2. The molecule has 1 aromatic carbocycles. The number of pyridine rings is 1. The molecule has 4 nitrogen and oxygen atoms in total. The molecule has 2 heterocycles. The van der Waals surface area contributed by atoms with Crippen LogP contribution < -0.4 is 5.32 Å². The molecular formula is C16H17BrN2O2. The summed E-state index contributed by atoms with van der Waals surface area (Å²) in [6.07, 6.45) is 2.45. The molecule has 1 aliphatic heterocycles. The Kier molecular flexibility index (Phi) is 4.51. The number of benzene rings is 1. The van der Waals surface area contributed by atoms with Gasteiger partial charge in [0.1, 0.15) is 10.4 Å². The van der Waals surface area contributed by atoms with E-state index in [2.05, 4.69) is 26.2 Å². The van der Waals surface area contributed by atoms with Crippen LogP contribution in [0.3, 0.4) is 0 Å². The lowest BCUT2D eigenvalue weighted by Crippen LogP contribution is -2.22. The predicted molar refractivity (Wildman–Crippen MR) is 86.2 cm³/mol. The summed E-state index contributed by atoms with van der Waals surface area (Å²) in [4.78, 5) is 16.6. The fraction of sp³-hybridized carbons (Fsp3) is 0.375. The van der Waals surface area contributed by atoms with Crippen molar-refractivity contribution in [2.24, 2.45) is 5.92 Å². The van der Waals surface area contributed by atoms with Crippen molar-refractivity contribution in [1.82, 2.24) is 4.98 Å². The Labute approximate surface area is 132 Å². The van der Waals surface area contributed by atoms with Gasteiger partial charge in [-0.05, 0) is 46.1 Å². The number of fused-ring (bicyclic) bond motifs is 1. The molecule has 0 spiro atoms. The maximum absolute atomic E-state index is 12.2. The molecule has 1 saturated heterocycles. The van der Waals surface area contributed by atoms with E-state index >= 15 is 0 Å². The van der Waals surface area contributed by atoms with Gasteiger partial charge in [-0.2, -0.15) is 0 Å². The van der Waals surface area contributed by atoms with Crippen molar-refractivity contribution in [2.75, 3.05) is 18.5 Å². The van der Waals surface area contributed by atoms with Gasteiger partial charge in [0, 0.05) is 25.0 Å². The van der Waals surface area contributed by atoms with Crippen molar-refractivity contribution >= 4 is 38.4 Å². The minimum Gasteiger partial charge on any atom is -0.381 e. The molecular weight excluding hydrogens is 332 g/mol. The molecule has 0 unspecified atom stereocenters.